The van der Waals surface area contributed by atoms with Gasteiger partial charge in [-0.2, -0.15) is 35.1 Å². The standard InChI is InChI=1S/C10H6F9N.ClH/c11-6-2-1-4(3-5(6)9(14,15)16)7(20)8(12,13)10(17,18)19;/h1-3,7H,20H2;1H/t7-;/m1./s1. The molecule has 0 spiro atoms. The maximum atomic E-state index is 12.9. The summed E-state index contributed by atoms with van der Waals surface area (Å²) in [5.41, 5.74) is 1.51. The fourth-order valence-electron chi connectivity index (χ4n) is 1.34. The third-order valence-corrected chi connectivity index (χ3v) is 2.42. The molecule has 0 saturated carbocycles. The zero-order valence-corrected chi connectivity index (χ0v) is 10.5. The van der Waals surface area contributed by atoms with Crippen molar-refractivity contribution in [1.82, 2.24) is 0 Å². The topological polar surface area (TPSA) is 26.0 Å². The van der Waals surface area contributed by atoms with Gasteiger partial charge in [-0.25, -0.2) is 4.39 Å². The largest absolute Gasteiger partial charge is 0.455 e. The van der Waals surface area contributed by atoms with E-state index >= 15 is 0 Å². The van der Waals surface area contributed by atoms with E-state index in [2.05, 4.69) is 5.73 Å². The molecule has 0 aliphatic heterocycles. The molecule has 0 aromatic heterocycles. The summed E-state index contributed by atoms with van der Waals surface area (Å²) in [4.78, 5) is 0. The third-order valence-electron chi connectivity index (χ3n) is 2.42. The predicted octanol–water partition coefficient (Wildman–Crippen LogP) is 4.46. The lowest BCUT2D eigenvalue weighted by atomic mass is 9.98. The summed E-state index contributed by atoms with van der Waals surface area (Å²) in [6.45, 7) is 0. The van der Waals surface area contributed by atoms with Crippen molar-refractivity contribution in [2.45, 2.75) is 24.3 Å². The van der Waals surface area contributed by atoms with Gasteiger partial charge in [0.05, 0.1) is 5.56 Å². The molecule has 1 aromatic rings. The van der Waals surface area contributed by atoms with Crippen LogP contribution in [-0.4, -0.2) is 12.1 Å². The molecule has 122 valence electrons. The molecule has 1 aromatic carbocycles. The molecule has 21 heavy (non-hydrogen) atoms. The Labute approximate surface area is 118 Å². The van der Waals surface area contributed by atoms with Crippen molar-refractivity contribution in [3.05, 3.63) is 35.1 Å². The van der Waals surface area contributed by atoms with Crippen molar-refractivity contribution in [3.63, 3.8) is 0 Å². The maximum Gasteiger partial charge on any atom is 0.455 e. The molecule has 0 saturated heterocycles. The summed E-state index contributed by atoms with van der Waals surface area (Å²) in [5.74, 6) is -7.25. The van der Waals surface area contributed by atoms with Crippen molar-refractivity contribution in [2.75, 3.05) is 0 Å². The first-order valence-corrected chi connectivity index (χ1v) is 4.85. The maximum absolute atomic E-state index is 12.9. The van der Waals surface area contributed by atoms with Gasteiger partial charge in [0.15, 0.2) is 0 Å². The minimum absolute atomic E-state index is 0. The van der Waals surface area contributed by atoms with Crippen LogP contribution in [0.5, 0.6) is 0 Å². The highest BCUT2D eigenvalue weighted by Crippen LogP contribution is 2.44. The Morgan fingerprint density at radius 2 is 1.38 bits per heavy atom. The summed E-state index contributed by atoms with van der Waals surface area (Å²) < 4.78 is 112. The highest BCUT2D eigenvalue weighted by Gasteiger charge is 2.61. The zero-order valence-electron chi connectivity index (χ0n) is 9.70. The average Bonchev–Trinajstić information content (AvgIpc) is 2.25. The highest BCUT2D eigenvalue weighted by atomic mass is 35.5. The number of halogens is 10. The van der Waals surface area contributed by atoms with E-state index in [4.69, 9.17) is 0 Å². The Bertz CT molecular complexity index is 494. The number of rotatable bonds is 2. The van der Waals surface area contributed by atoms with Crippen LogP contribution < -0.4 is 5.73 Å². The molecule has 0 aliphatic carbocycles. The van der Waals surface area contributed by atoms with E-state index in [0.717, 1.165) is 0 Å². The van der Waals surface area contributed by atoms with E-state index in [0.29, 0.717) is 6.07 Å². The number of hydrogen-bond acceptors (Lipinski definition) is 1. The molecule has 1 atom stereocenters. The Hall–Kier alpha value is -1.16. The first-order chi connectivity index (χ1) is 8.78. The minimum Gasteiger partial charge on any atom is -0.319 e. The molecule has 0 fully saturated rings. The van der Waals surface area contributed by atoms with Crippen LogP contribution in [0.2, 0.25) is 0 Å². The van der Waals surface area contributed by atoms with Crippen molar-refractivity contribution < 1.29 is 39.5 Å². The minimum atomic E-state index is -6.04. The van der Waals surface area contributed by atoms with Gasteiger partial charge in [-0.05, 0) is 17.7 Å². The van der Waals surface area contributed by atoms with E-state index in [9.17, 15) is 39.5 Å². The number of nitrogens with two attached hydrogens (primary N) is 1. The van der Waals surface area contributed by atoms with Gasteiger partial charge in [-0.1, -0.05) is 6.07 Å². The molecular weight excluding hydrogens is 341 g/mol. The Balaban J connectivity index is 0.00000400. The van der Waals surface area contributed by atoms with Crippen LogP contribution in [0.4, 0.5) is 39.5 Å². The molecular formula is C10H7ClF9N. The number of benzene rings is 1. The highest BCUT2D eigenvalue weighted by molar-refractivity contribution is 5.85. The van der Waals surface area contributed by atoms with Gasteiger partial charge in [-0.15, -0.1) is 12.4 Å². The lowest BCUT2D eigenvalue weighted by molar-refractivity contribution is -0.291. The van der Waals surface area contributed by atoms with E-state index in [1.165, 1.54) is 0 Å². The summed E-state index contributed by atoms with van der Waals surface area (Å²) in [5, 5.41) is 0. The predicted molar refractivity (Wildman–Crippen MR) is 56.6 cm³/mol. The van der Waals surface area contributed by atoms with Crippen molar-refractivity contribution >= 4 is 12.4 Å². The summed E-state index contributed by atoms with van der Waals surface area (Å²) >= 11 is 0. The molecule has 0 heterocycles. The van der Waals surface area contributed by atoms with E-state index in [-0.39, 0.29) is 24.5 Å². The molecule has 0 bridgehead atoms. The smallest absolute Gasteiger partial charge is 0.319 e. The zero-order chi connectivity index (χ0) is 15.9. The molecule has 0 radical (unpaired) electrons. The Kier molecular flexibility index (Phi) is 5.59. The van der Waals surface area contributed by atoms with Crippen LogP contribution in [0.1, 0.15) is 17.2 Å². The Morgan fingerprint density at radius 3 is 1.76 bits per heavy atom. The lowest BCUT2D eigenvalue weighted by Crippen LogP contribution is -2.45. The second-order valence-corrected chi connectivity index (χ2v) is 3.84. The fraction of sp³-hybridized carbons (Fsp3) is 0.400. The second kappa shape index (κ2) is 5.91. The lowest BCUT2D eigenvalue weighted by Gasteiger charge is -2.26. The van der Waals surface area contributed by atoms with Gasteiger partial charge in [0.1, 0.15) is 11.9 Å². The van der Waals surface area contributed by atoms with Crippen LogP contribution in [0.15, 0.2) is 18.2 Å². The first-order valence-electron chi connectivity index (χ1n) is 4.85. The van der Waals surface area contributed by atoms with Crippen molar-refractivity contribution in [2.24, 2.45) is 5.73 Å². The Morgan fingerprint density at radius 1 is 0.905 bits per heavy atom. The fourth-order valence-corrected chi connectivity index (χ4v) is 1.34. The van der Waals surface area contributed by atoms with Crippen LogP contribution >= 0.6 is 12.4 Å². The van der Waals surface area contributed by atoms with Crippen LogP contribution in [0, 0.1) is 5.82 Å². The van der Waals surface area contributed by atoms with E-state index in [1.807, 2.05) is 0 Å². The number of alkyl halides is 8. The molecule has 0 aliphatic rings. The summed E-state index contributed by atoms with van der Waals surface area (Å²) in [6, 6.07) is -2.77. The summed E-state index contributed by atoms with van der Waals surface area (Å²) in [6.07, 6.45) is -11.3. The van der Waals surface area contributed by atoms with Gasteiger partial charge in [-0.3, -0.25) is 0 Å². The SMILES string of the molecule is Cl.N[C@H](c1ccc(F)c(C(F)(F)F)c1)C(F)(F)C(F)(F)F. The molecule has 1 nitrogen and oxygen atoms in total. The van der Waals surface area contributed by atoms with Crippen molar-refractivity contribution in [3.8, 4) is 0 Å². The van der Waals surface area contributed by atoms with Crippen LogP contribution in [-0.2, 0) is 6.18 Å². The molecule has 2 N–H and O–H groups in total. The third kappa shape index (κ3) is 3.94. The first kappa shape index (κ1) is 19.8. The monoisotopic (exact) mass is 347 g/mol. The van der Waals surface area contributed by atoms with Gasteiger partial charge in [0.25, 0.3) is 0 Å². The summed E-state index contributed by atoms with van der Waals surface area (Å²) in [7, 11) is 0. The normalized spacial score (nSPS) is 14.6. The quantitative estimate of drug-likeness (QED) is 0.785. The van der Waals surface area contributed by atoms with Crippen LogP contribution in [0.3, 0.4) is 0 Å². The van der Waals surface area contributed by atoms with Gasteiger partial charge < -0.3 is 5.73 Å². The van der Waals surface area contributed by atoms with Crippen molar-refractivity contribution in [1.29, 1.82) is 0 Å². The molecule has 0 amide bonds. The van der Waals surface area contributed by atoms with Gasteiger partial charge >= 0.3 is 18.3 Å². The molecule has 11 heteroatoms. The average molecular weight is 348 g/mol. The van der Waals surface area contributed by atoms with E-state index < -0.39 is 41.3 Å². The molecule has 0 unspecified atom stereocenters. The van der Waals surface area contributed by atoms with E-state index in [1.54, 1.807) is 0 Å². The van der Waals surface area contributed by atoms with Gasteiger partial charge in [0, 0.05) is 0 Å². The van der Waals surface area contributed by atoms with Gasteiger partial charge in [0.2, 0.25) is 0 Å². The second-order valence-electron chi connectivity index (χ2n) is 3.84. The van der Waals surface area contributed by atoms with Crippen LogP contribution in [0.25, 0.3) is 0 Å². The number of hydrogen-bond donors (Lipinski definition) is 1. The molecule has 1 rings (SSSR count).